The summed E-state index contributed by atoms with van der Waals surface area (Å²) in [6.45, 7) is 1.63. The minimum Gasteiger partial charge on any atom is -0.490 e. The van der Waals surface area contributed by atoms with Crippen LogP contribution in [-0.4, -0.2) is 38.2 Å². The predicted octanol–water partition coefficient (Wildman–Crippen LogP) is 1.04. The SMILES string of the molecule is COc1ccc(S(=O)(=O)NC(C)CCCO)cc1[N+](=O)[O-]. The van der Waals surface area contributed by atoms with Gasteiger partial charge in [0.1, 0.15) is 0 Å². The number of rotatable bonds is 8. The van der Waals surface area contributed by atoms with Crippen LogP contribution in [0.25, 0.3) is 0 Å². The van der Waals surface area contributed by atoms with E-state index in [0.29, 0.717) is 12.8 Å². The summed E-state index contributed by atoms with van der Waals surface area (Å²) >= 11 is 0. The first-order valence-corrected chi connectivity index (χ1v) is 7.75. The standard InChI is InChI=1S/C12H18N2O6S/c1-9(4-3-7-15)13-21(18,19)10-5-6-12(20-2)11(8-10)14(16)17/h5-6,8-9,13,15H,3-4,7H2,1-2H3. The number of sulfonamides is 1. The first-order valence-electron chi connectivity index (χ1n) is 6.27. The number of benzene rings is 1. The molecule has 8 nitrogen and oxygen atoms in total. The molecular weight excluding hydrogens is 300 g/mol. The van der Waals surface area contributed by atoms with Crippen LogP contribution < -0.4 is 9.46 Å². The molecule has 0 saturated carbocycles. The number of methoxy groups -OCH3 is 1. The van der Waals surface area contributed by atoms with Crippen LogP contribution in [0.4, 0.5) is 5.69 Å². The molecular formula is C12H18N2O6S. The smallest absolute Gasteiger partial charge is 0.312 e. The average Bonchev–Trinajstić information content (AvgIpc) is 2.43. The Morgan fingerprint density at radius 2 is 2.14 bits per heavy atom. The second-order valence-corrected chi connectivity index (χ2v) is 6.19. The second-order valence-electron chi connectivity index (χ2n) is 4.48. The molecule has 0 aromatic heterocycles. The Bertz CT molecular complexity index is 602. The molecule has 0 amide bonds. The molecule has 0 fully saturated rings. The maximum atomic E-state index is 12.1. The van der Waals surface area contributed by atoms with E-state index in [9.17, 15) is 18.5 Å². The van der Waals surface area contributed by atoms with Crippen LogP contribution in [-0.2, 0) is 10.0 Å². The summed E-state index contributed by atoms with van der Waals surface area (Å²) in [7, 11) is -2.59. The first-order chi connectivity index (χ1) is 9.81. The molecule has 1 rings (SSSR count). The number of ether oxygens (including phenoxy) is 1. The van der Waals surface area contributed by atoms with Gasteiger partial charge in [0.15, 0.2) is 5.75 Å². The third kappa shape index (κ3) is 4.66. The molecule has 1 atom stereocenters. The van der Waals surface area contributed by atoms with E-state index in [1.54, 1.807) is 6.92 Å². The van der Waals surface area contributed by atoms with Crippen LogP contribution in [0.3, 0.4) is 0 Å². The van der Waals surface area contributed by atoms with Crippen molar-refractivity contribution in [2.45, 2.75) is 30.7 Å². The largest absolute Gasteiger partial charge is 0.490 e. The lowest BCUT2D eigenvalue weighted by Gasteiger charge is -2.14. The highest BCUT2D eigenvalue weighted by Crippen LogP contribution is 2.29. The van der Waals surface area contributed by atoms with Gasteiger partial charge in [0.05, 0.1) is 16.9 Å². The van der Waals surface area contributed by atoms with E-state index in [1.807, 2.05) is 0 Å². The van der Waals surface area contributed by atoms with Gasteiger partial charge < -0.3 is 9.84 Å². The molecule has 9 heteroatoms. The Kier molecular flexibility index (Phi) is 6.06. The third-order valence-electron chi connectivity index (χ3n) is 2.81. The van der Waals surface area contributed by atoms with E-state index >= 15 is 0 Å². The average molecular weight is 318 g/mol. The van der Waals surface area contributed by atoms with Gasteiger partial charge in [0, 0.05) is 18.7 Å². The Labute approximate surface area is 122 Å². The summed E-state index contributed by atoms with van der Waals surface area (Å²) in [5, 5.41) is 19.6. The van der Waals surface area contributed by atoms with Crippen molar-refractivity contribution in [3.63, 3.8) is 0 Å². The summed E-state index contributed by atoms with van der Waals surface area (Å²) in [5.41, 5.74) is -0.414. The highest BCUT2D eigenvalue weighted by atomic mass is 32.2. The maximum absolute atomic E-state index is 12.1. The molecule has 2 N–H and O–H groups in total. The molecule has 0 aliphatic rings. The number of nitro benzene ring substituents is 1. The lowest BCUT2D eigenvalue weighted by Crippen LogP contribution is -2.32. The van der Waals surface area contributed by atoms with Gasteiger partial charge >= 0.3 is 5.69 Å². The van der Waals surface area contributed by atoms with Gasteiger partial charge in [-0.15, -0.1) is 0 Å². The number of nitrogens with one attached hydrogen (secondary N) is 1. The lowest BCUT2D eigenvalue weighted by atomic mass is 10.2. The van der Waals surface area contributed by atoms with E-state index in [-0.39, 0.29) is 23.3 Å². The van der Waals surface area contributed by atoms with E-state index in [1.165, 1.54) is 19.2 Å². The quantitative estimate of drug-likeness (QED) is 0.546. The van der Waals surface area contributed by atoms with Crippen LogP contribution in [0.5, 0.6) is 5.75 Å². The Morgan fingerprint density at radius 3 is 2.67 bits per heavy atom. The van der Waals surface area contributed by atoms with Gasteiger partial charge in [-0.25, -0.2) is 13.1 Å². The van der Waals surface area contributed by atoms with E-state index in [0.717, 1.165) is 6.07 Å². The zero-order chi connectivity index (χ0) is 16.0. The van der Waals surface area contributed by atoms with Crippen molar-refractivity contribution in [1.29, 1.82) is 0 Å². The van der Waals surface area contributed by atoms with Crippen LogP contribution >= 0.6 is 0 Å². The highest BCUT2D eigenvalue weighted by molar-refractivity contribution is 7.89. The predicted molar refractivity (Wildman–Crippen MR) is 75.8 cm³/mol. The molecule has 0 aliphatic heterocycles. The Morgan fingerprint density at radius 1 is 1.48 bits per heavy atom. The maximum Gasteiger partial charge on any atom is 0.312 e. The van der Waals surface area contributed by atoms with Crippen molar-refractivity contribution in [2.24, 2.45) is 0 Å². The van der Waals surface area contributed by atoms with Crippen LogP contribution in [0.2, 0.25) is 0 Å². The minimum absolute atomic E-state index is 0.00715. The van der Waals surface area contributed by atoms with Crippen LogP contribution in [0, 0.1) is 10.1 Å². The summed E-state index contributed by atoms with van der Waals surface area (Å²) in [6.07, 6.45) is 0.931. The monoisotopic (exact) mass is 318 g/mol. The fourth-order valence-corrected chi connectivity index (χ4v) is 3.07. The summed E-state index contributed by atoms with van der Waals surface area (Å²) in [5.74, 6) is -0.00715. The van der Waals surface area contributed by atoms with Crippen molar-refractivity contribution < 1.29 is 23.2 Å². The number of nitrogens with zero attached hydrogens (tertiary/aromatic N) is 1. The van der Waals surface area contributed by atoms with Crippen molar-refractivity contribution in [3.8, 4) is 5.75 Å². The van der Waals surface area contributed by atoms with E-state index < -0.39 is 20.6 Å². The molecule has 0 radical (unpaired) electrons. The van der Waals surface area contributed by atoms with Gasteiger partial charge in [-0.1, -0.05) is 0 Å². The highest BCUT2D eigenvalue weighted by Gasteiger charge is 2.23. The zero-order valence-electron chi connectivity index (χ0n) is 11.8. The minimum atomic E-state index is -3.86. The van der Waals surface area contributed by atoms with Crippen molar-refractivity contribution in [3.05, 3.63) is 28.3 Å². The molecule has 21 heavy (non-hydrogen) atoms. The molecule has 0 bridgehead atoms. The molecule has 0 heterocycles. The van der Waals surface area contributed by atoms with Gasteiger partial charge in [-0.05, 0) is 31.9 Å². The summed E-state index contributed by atoms with van der Waals surface area (Å²) in [4.78, 5) is 10.0. The van der Waals surface area contributed by atoms with Gasteiger partial charge in [-0.3, -0.25) is 10.1 Å². The summed E-state index contributed by atoms with van der Waals surface area (Å²) < 4.78 is 31.5. The Balaban J connectivity index is 3.03. The fraction of sp³-hybridized carbons (Fsp3) is 0.500. The lowest BCUT2D eigenvalue weighted by molar-refractivity contribution is -0.386. The van der Waals surface area contributed by atoms with Gasteiger partial charge in [-0.2, -0.15) is 0 Å². The van der Waals surface area contributed by atoms with Crippen LogP contribution in [0.15, 0.2) is 23.1 Å². The summed E-state index contributed by atoms with van der Waals surface area (Å²) in [6, 6.07) is 3.06. The third-order valence-corrected chi connectivity index (χ3v) is 4.40. The van der Waals surface area contributed by atoms with Crippen molar-refractivity contribution in [1.82, 2.24) is 4.72 Å². The number of hydrogen-bond donors (Lipinski definition) is 2. The molecule has 1 aromatic carbocycles. The normalized spacial score (nSPS) is 12.9. The molecule has 0 saturated heterocycles. The van der Waals surface area contributed by atoms with E-state index in [4.69, 9.17) is 9.84 Å². The first kappa shape index (κ1) is 17.3. The number of aliphatic hydroxyl groups excluding tert-OH is 1. The molecule has 1 unspecified atom stereocenters. The molecule has 118 valence electrons. The molecule has 0 spiro atoms. The van der Waals surface area contributed by atoms with Gasteiger partial charge in [0.25, 0.3) is 0 Å². The topological polar surface area (TPSA) is 119 Å². The molecule has 0 aliphatic carbocycles. The number of nitro groups is 1. The number of hydrogen-bond acceptors (Lipinski definition) is 6. The van der Waals surface area contributed by atoms with Crippen LogP contribution in [0.1, 0.15) is 19.8 Å². The second kappa shape index (κ2) is 7.34. The fourth-order valence-electron chi connectivity index (χ4n) is 1.77. The molecule has 1 aromatic rings. The zero-order valence-corrected chi connectivity index (χ0v) is 12.6. The van der Waals surface area contributed by atoms with Crippen molar-refractivity contribution in [2.75, 3.05) is 13.7 Å². The van der Waals surface area contributed by atoms with Gasteiger partial charge in [0.2, 0.25) is 10.0 Å². The van der Waals surface area contributed by atoms with Crippen molar-refractivity contribution >= 4 is 15.7 Å². The Hall–Kier alpha value is -1.71. The number of aliphatic hydroxyl groups is 1. The van der Waals surface area contributed by atoms with E-state index in [2.05, 4.69) is 4.72 Å².